The van der Waals surface area contributed by atoms with Gasteiger partial charge in [-0.05, 0) is 81.0 Å². The van der Waals surface area contributed by atoms with Gasteiger partial charge in [-0.1, -0.05) is 31.7 Å². The maximum atomic E-state index is 13.5. The van der Waals surface area contributed by atoms with Crippen LogP contribution in [0.4, 0.5) is 16.2 Å². The van der Waals surface area contributed by atoms with Crippen molar-refractivity contribution in [3.63, 3.8) is 0 Å². The molecule has 1 fully saturated rings. The van der Waals surface area contributed by atoms with Crippen molar-refractivity contribution in [1.82, 2.24) is 9.80 Å². The van der Waals surface area contributed by atoms with Crippen LogP contribution in [0.5, 0.6) is 11.5 Å². The number of esters is 1. The molecule has 1 heterocycles. The third-order valence-electron chi connectivity index (χ3n) is 7.42. The molecule has 230 valence electrons. The Kier molecular flexibility index (Phi) is 11.5. The number of hydrogen-bond acceptors (Lipinski definition) is 7. The molecule has 3 amide bonds. The predicted octanol–water partition coefficient (Wildman–Crippen LogP) is 5.22. The Bertz CT molecular complexity index is 1410. The number of carbonyl (C=O) groups is 3. The summed E-state index contributed by atoms with van der Waals surface area (Å²) < 4.78 is 16.3. The van der Waals surface area contributed by atoms with Gasteiger partial charge in [0.2, 0.25) is 5.91 Å². The van der Waals surface area contributed by atoms with Crippen molar-refractivity contribution >= 4 is 29.3 Å². The van der Waals surface area contributed by atoms with Crippen LogP contribution >= 0.6 is 0 Å². The minimum absolute atomic E-state index is 0. The van der Waals surface area contributed by atoms with E-state index < -0.39 is 5.97 Å². The minimum Gasteiger partial charge on any atom is -0.495 e. The van der Waals surface area contributed by atoms with E-state index in [-0.39, 0.29) is 37.9 Å². The van der Waals surface area contributed by atoms with Gasteiger partial charge in [-0.15, -0.1) is 0 Å². The lowest BCUT2D eigenvalue weighted by molar-refractivity contribution is -0.131. The number of aryl methyl sites for hydroxylation is 1. The van der Waals surface area contributed by atoms with E-state index in [1.807, 2.05) is 56.3 Å². The predicted molar refractivity (Wildman–Crippen MR) is 168 cm³/mol. The van der Waals surface area contributed by atoms with E-state index in [4.69, 9.17) is 14.2 Å². The molecule has 10 heteroatoms. The van der Waals surface area contributed by atoms with E-state index in [2.05, 4.69) is 15.5 Å². The fourth-order valence-corrected chi connectivity index (χ4v) is 4.94. The second-order valence-electron chi connectivity index (χ2n) is 10.5. The molecule has 3 aromatic carbocycles. The molecule has 10 nitrogen and oxygen atoms in total. The molecule has 0 saturated carbocycles. The van der Waals surface area contributed by atoms with Gasteiger partial charge >= 0.3 is 12.0 Å². The number of amides is 3. The number of likely N-dealkylation sites (tertiary alicyclic amines) is 1. The van der Waals surface area contributed by atoms with Gasteiger partial charge in [-0.2, -0.15) is 0 Å². The molecule has 0 unspecified atom stereocenters. The second-order valence-corrected chi connectivity index (χ2v) is 10.5. The fourth-order valence-electron chi connectivity index (χ4n) is 4.94. The van der Waals surface area contributed by atoms with Gasteiger partial charge in [0.15, 0.2) is 0 Å². The van der Waals surface area contributed by atoms with Gasteiger partial charge in [0.05, 0.1) is 37.9 Å². The third kappa shape index (κ3) is 8.48. The number of hydrogen-bond donors (Lipinski definition) is 2. The Morgan fingerprint density at radius 3 is 2.30 bits per heavy atom. The third-order valence-corrected chi connectivity index (χ3v) is 7.42. The van der Waals surface area contributed by atoms with Gasteiger partial charge in [0, 0.05) is 18.3 Å². The zero-order chi connectivity index (χ0) is 30.2. The summed E-state index contributed by atoms with van der Waals surface area (Å²) >= 11 is 0. The van der Waals surface area contributed by atoms with Crippen molar-refractivity contribution in [3.8, 4) is 11.5 Å². The summed E-state index contributed by atoms with van der Waals surface area (Å²) in [5, 5.41) is 5.67. The van der Waals surface area contributed by atoms with Gasteiger partial charge in [-0.3, -0.25) is 4.79 Å². The van der Waals surface area contributed by atoms with Crippen LogP contribution in [0.25, 0.3) is 0 Å². The largest absolute Gasteiger partial charge is 0.495 e. The van der Waals surface area contributed by atoms with Crippen molar-refractivity contribution in [2.24, 2.45) is 0 Å². The Balaban J connectivity index is 0.00000506. The Morgan fingerprint density at radius 2 is 1.65 bits per heavy atom. The zero-order valence-corrected chi connectivity index (χ0v) is 24.7. The second kappa shape index (κ2) is 15.1. The van der Waals surface area contributed by atoms with Crippen LogP contribution in [0.2, 0.25) is 0 Å². The molecule has 2 N–H and O–H groups in total. The van der Waals surface area contributed by atoms with Crippen LogP contribution < -0.4 is 20.1 Å². The number of urea groups is 1. The van der Waals surface area contributed by atoms with E-state index in [1.54, 1.807) is 36.4 Å². The highest BCUT2D eigenvalue weighted by Gasteiger charge is 2.36. The molecule has 0 aliphatic carbocycles. The van der Waals surface area contributed by atoms with Gasteiger partial charge < -0.3 is 34.6 Å². The van der Waals surface area contributed by atoms with Crippen LogP contribution in [-0.2, 0) is 16.0 Å². The van der Waals surface area contributed by atoms with Crippen molar-refractivity contribution in [2.45, 2.75) is 39.3 Å². The molecule has 0 spiro atoms. The van der Waals surface area contributed by atoms with E-state index in [0.717, 1.165) is 23.2 Å². The first-order chi connectivity index (χ1) is 20.2. The minimum atomic E-state index is -0.408. The number of benzene rings is 3. The van der Waals surface area contributed by atoms with Crippen molar-refractivity contribution in [2.75, 3.05) is 52.1 Å². The van der Waals surface area contributed by atoms with Crippen molar-refractivity contribution in [3.05, 3.63) is 83.4 Å². The first-order valence-electron chi connectivity index (χ1n) is 13.8. The number of ether oxygens (including phenoxy) is 3. The summed E-state index contributed by atoms with van der Waals surface area (Å²) in [4.78, 5) is 41.8. The lowest BCUT2D eigenvalue weighted by Crippen LogP contribution is -2.40. The van der Waals surface area contributed by atoms with Gasteiger partial charge in [0.1, 0.15) is 18.1 Å². The van der Waals surface area contributed by atoms with Crippen LogP contribution in [-0.4, -0.2) is 81.3 Å². The standard InChI is InChI=1S/C32H38N4O6.CH4/c1-21-8-6-7-9-27(21)33-32(39)34-28-15-10-22(16-29(28)40-4)17-30(37)36-19-24(35(2)3)18-25(36)20-42-26-13-11-23(12-14-26)31(38)41-5;/h6-16,24-25H,17-20H2,1-5H3,(H2,33,34,39);1H4/t24-,25+;/m1./s1. The molecular weight excluding hydrogens is 548 g/mol. The normalized spacial score (nSPS) is 15.8. The molecule has 1 aliphatic heterocycles. The molecule has 4 rings (SSSR count). The van der Waals surface area contributed by atoms with Crippen molar-refractivity contribution < 1.29 is 28.6 Å². The highest BCUT2D eigenvalue weighted by atomic mass is 16.5. The molecule has 1 saturated heterocycles. The molecule has 0 radical (unpaired) electrons. The fraction of sp³-hybridized carbons (Fsp3) is 0.364. The average Bonchev–Trinajstić information content (AvgIpc) is 3.43. The number of carbonyl (C=O) groups excluding carboxylic acids is 3. The average molecular weight is 591 g/mol. The van der Waals surface area contributed by atoms with Gasteiger partial charge in [0.25, 0.3) is 0 Å². The summed E-state index contributed by atoms with van der Waals surface area (Å²) in [7, 11) is 6.88. The molecule has 2 atom stereocenters. The quantitative estimate of drug-likeness (QED) is 0.312. The number of rotatable bonds is 10. The molecule has 0 aromatic heterocycles. The summed E-state index contributed by atoms with van der Waals surface area (Å²) in [5.41, 5.74) is 3.38. The smallest absolute Gasteiger partial charge is 0.337 e. The number of nitrogens with zero attached hydrogens (tertiary/aromatic N) is 2. The number of likely N-dealkylation sites (N-methyl/N-ethyl adjacent to an activating group) is 1. The lowest BCUT2D eigenvalue weighted by atomic mass is 10.1. The Labute approximate surface area is 253 Å². The first kappa shape index (κ1) is 32.9. The highest BCUT2D eigenvalue weighted by Crippen LogP contribution is 2.28. The van der Waals surface area contributed by atoms with Crippen LogP contribution in [0, 0.1) is 6.92 Å². The van der Waals surface area contributed by atoms with Crippen molar-refractivity contribution in [1.29, 1.82) is 0 Å². The maximum absolute atomic E-state index is 13.5. The Morgan fingerprint density at radius 1 is 0.953 bits per heavy atom. The summed E-state index contributed by atoms with van der Waals surface area (Å²) in [6.07, 6.45) is 0.956. The summed E-state index contributed by atoms with van der Waals surface area (Å²) in [6, 6.07) is 19.3. The van der Waals surface area contributed by atoms with Crippen LogP contribution in [0.15, 0.2) is 66.7 Å². The number of para-hydroxylation sites is 1. The molecule has 1 aliphatic rings. The lowest BCUT2D eigenvalue weighted by Gasteiger charge is -2.25. The van der Waals surface area contributed by atoms with Gasteiger partial charge in [-0.25, -0.2) is 9.59 Å². The zero-order valence-electron chi connectivity index (χ0n) is 24.7. The Hall–Kier alpha value is -4.57. The van der Waals surface area contributed by atoms with E-state index in [1.165, 1.54) is 14.2 Å². The molecule has 3 aromatic rings. The number of methoxy groups -OCH3 is 2. The monoisotopic (exact) mass is 590 g/mol. The van der Waals surface area contributed by atoms with Crippen LogP contribution in [0.1, 0.15) is 35.3 Å². The molecule has 43 heavy (non-hydrogen) atoms. The molecule has 0 bridgehead atoms. The van der Waals surface area contributed by atoms with E-state index in [9.17, 15) is 14.4 Å². The number of nitrogens with one attached hydrogen (secondary N) is 2. The maximum Gasteiger partial charge on any atom is 0.337 e. The van der Waals surface area contributed by atoms with E-state index in [0.29, 0.717) is 35.9 Å². The van der Waals surface area contributed by atoms with E-state index >= 15 is 0 Å². The molecular formula is C33H42N4O6. The highest BCUT2D eigenvalue weighted by molar-refractivity contribution is 6.01. The first-order valence-corrected chi connectivity index (χ1v) is 13.8. The topological polar surface area (TPSA) is 109 Å². The summed E-state index contributed by atoms with van der Waals surface area (Å²) in [5.74, 6) is 0.647. The number of anilines is 2. The summed E-state index contributed by atoms with van der Waals surface area (Å²) in [6.45, 7) is 2.84. The van der Waals surface area contributed by atoms with Crippen LogP contribution in [0.3, 0.4) is 0 Å². The SMILES string of the molecule is C.COC(=O)c1ccc(OC[C@@H]2C[C@@H](N(C)C)CN2C(=O)Cc2ccc(NC(=O)Nc3ccccc3C)c(OC)c2)cc1.